The van der Waals surface area contributed by atoms with E-state index in [-0.39, 0.29) is 5.69 Å². The van der Waals surface area contributed by atoms with Crippen molar-refractivity contribution in [2.45, 2.75) is 0 Å². The summed E-state index contributed by atoms with van der Waals surface area (Å²) in [4.78, 5) is 20.9. The van der Waals surface area contributed by atoms with Gasteiger partial charge in [-0.25, -0.2) is 18.6 Å². The van der Waals surface area contributed by atoms with Gasteiger partial charge in [0.25, 0.3) is 0 Å². The molecule has 0 amide bonds. The zero-order valence-corrected chi connectivity index (χ0v) is 13.4. The molecule has 0 atom stereocenters. The number of halogens is 3. The zero-order valence-electron chi connectivity index (χ0n) is 12.6. The maximum Gasteiger partial charge on any atom is 0.325 e. The second-order valence-corrected chi connectivity index (χ2v) is 5.91. The molecule has 0 fully saturated rings. The van der Waals surface area contributed by atoms with Gasteiger partial charge in [0.15, 0.2) is 17.3 Å². The Labute approximate surface area is 145 Å². The fraction of sp³-hybridized carbons (Fsp3) is 0. The molecule has 2 aromatic carbocycles. The standard InChI is InChI=1S/C18H10ClF2N3O/c19-12-8-15-17(24-18(25)22-15)23-16(12)10-3-1-9(2-4-10)11-5-6-13(20)14(21)7-11/h1-8H,(H2,22,23,24,25). The van der Waals surface area contributed by atoms with E-state index in [0.717, 1.165) is 23.3 Å². The largest absolute Gasteiger partial charge is 0.325 e. The van der Waals surface area contributed by atoms with Gasteiger partial charge in [-0.15, -0.1) is 0 Å². The predicted octanol–water partition coefficient (Wildman–Crippen LogP) is 4.52. The van der Waals surface area contributed by atoms with Gasteiger partial charge in [0.2, 0.25) is 0 Å². The molecule has 2 heterocycles. The molecule has 4 nitrogen and oxygen atoms in total. The van der Waals surface area contributed by atoms with Crippen molar-refractivity contribution in [2.24, 2.45) is 0 Å². The number of aromatic amines is 2. The third kappa shape index (κ3) is 2.81. The Morgan fingerprint density at radius 1 is 0.840 bits per heavy atom. The number of benzene rings is 2. The van der Waals surface area contributed by atoms with Crippen LogP contribution < -0.4 is 5.69 Å². The summed E-state index contributed by atoms with van der Waals surface area (Å²) in [7, 11) is 0. The van der Waals surface area contributed by atoms with E-state index in [4.69, 9.17) is 11.6 Å². The van der Waals surface area contributed by atoms with E-state index in [2.05, 4.69) is 15.0 Å². The Bertz CT molecular complexity index is 1150. The van der Waals surface area contributed by atoms with Gasteiger partial charge in [-0.3, -0.25) is 4.98 Å². The summed E-state index contributed by atoms with van der Waals surface area (Å²) in [5.74, 6) is -1.78. The lowest BCUT2D eigenvalue weighted by Gasteiger charge is -2.07. The minimum Gasteiger partial charge on any atom is -0.304 e. The highest BCUT2D eigenvalue weighted by Crippen LogP contribution is 2.30. The predicted molar refractivity (Wildman–Crippen MR) is 92.5 cm³/mol. The summed E-state index contributed by atoms with van der Waals surface area (Å²) in [5.41, 5.74) is 3.13. The van der Waals surface area contributed by atoms with Gasteiger partial charge < -0.3 is 4.98 Å². The van der Waals surface area contributed by atoms with Crippen molar-refractivity contribution in [2.75, 3.05) is 0 Å². The van der Waals surface area contributed by atoms with Crippen LogP contribution in [0.3, 0.4) is 0 Å². The van der Waals surface area contributed by atoms with E-state index in [9.17, 15) is 13.6 Å². The van der Waals surface area contributed by atoms with Gasteiger partial charge in [-0.05, 0) is 29.3 Å². The van der Waals surface area contributed by atoms with Crippen LogP contribution in [0.5, 0.6) is 0 Å². The number of nitrogens with one attached hydrogen (secondary N) is 2. The fourth-order valence-electron chi connectivity index (χ4n) is 2.64. The van der Waals surface area contributed by atoms with E-state index >= 15 is 0 Å². The van der Waals surface area contributed by atoms with Crippen molar-refractivity contribution in [3.05, 3.63) is 75.7 Å². The van der Waals surface area contributed by atoms with E-state index in [0.29, 0.717) is 27.4 Å². The average Bonchev–Trinajstić information content (AvgIpc) is 2.96. The molecular weight excluding hydrogens is 348 g/mol. The van der Waals surface area contributed by atoms with Gasteiger partial charge in [-0.1, -0.05) is 41.9 Å². The monoisotopic (exact) mass is 357 g/mol. The number of nitrogens with zero attached hydrogens (tertiary/aromatic N) is 1. The van der Waals surface area contributed by atoms with Crippen LogP contribution in [-0.4, -0.2) is 15.0 Å². The summed E-state index contributed by atoms with van der Waals surface area (Å²) in [6.45, 7) is 0. The zero-order chi connectivity index (χ0) is 17.6. The molecule has 4 rings (SSSR count). The number of imidazole rings is 1. The normalized spacial score (nSPS) is 11.2. The van der Waals surface area contributed by atoms with Crippen LogP contribution in [0.2, 0.25) is 5.02 Å². The highest BCUT2D eigenvalue weighted by Gasteiger charge is 2.11. The van der Waals surface area contributed by atoms with E-state index in [1.54, 1.807) is 30.3 Å². The van der Waals surface area contributed by atoms with Gasteiger partial charge in [-0.2, -0.15) is 0 Å². The van der Waals surface area contributed by atoms with Crippen molar-refractivity contribution in [1.29, 1.82) is 0 Å². The van der Waals surface area contributed by atoms with Crippen LogP contribution in [0.4, 0.5) is 8.78 Å². The quantitative estimate of drug-likeness (QED) is 0.554. The minimum atomic E-state index is -0.895. The van der Waals surface area contributed by atoms with E-state index < -0.39 is 11.6 Å². The summed E-state index contributed by atoms with van der Waals surface area (Å²) in [5, 5.41) is 0.392. The molecule has 7 heteroatoms. The van der Waals surface area contributed by atoms with Crippen LogP contribution in [0, 0.1) is 11.6 Å². The molecule has 2 aromatic heterocycles. The number of H-pyrrole nitrogens is 2. The smallest absolute Gasteiger partial charge is 0.304 e. The van der Waals surface area contributed by atoms with Crippen molar-refractivity contribution >= 4 is 22.8 Å². The molecule has 0 bridgehead atoms. The molecule has 0 spiro atoms. The number of rotatable bonds is 2. The van der Waals surface area contributed by atoms with Gasteiger partial charge in [0.05, 0.1) is 16.2 Å². The lowest BCUT2D eigenvalue weighted by atomic mass is 10.0. The Morgan fingerprint density at radius 3 is 2.24 bits per heavy atom. The number of fused-ring (bicyclic) bond motifs is 1. The SMILES string of the molecule is O=c1[nH]c2cc(Cl)c(-c3ccc(-c4ccc(F)c(F)c4)cc3)nc2[nH]1. The first-order chi connectivity index (χ1) is 12.0. The Morgan fingerprint density at radius 2 is 1.52 bits per heavy atom. The van der Waals surface area contributed by atoms with Crippen LogP contribution in [0.1, 0.15) is 0 Å². The summed E-state index contributed by atoms with van der Waals surface area (Å²) >= 11 is 6.25. The van der Waals surface area contributed by atoms with Crippen molar-refractivity contribution in [3.63, 3.8) is 0 Å². The molecule has 25 heavy (non-hydrogen) atoms. The highest BCUT2D eigenvalue weighted by atomic mass is 35.5. The lowest BCUT2D eigenvalue weighted by molar-refractivity contribution is 0.509. The highest BCUT2D eigenvalue weighted by molar-refractivity contribution is 6.33. The number of hydrogen-bond acceptors (Lipinski definition) is 2. The van der Waals surface area contributed by atoms with Crippen LogP contribution in [0.25, 0.3) is 33.5 Å². The molecule has 0 radical (unpaired) electrons. The molecule has 2 N–H and O–H groups in total. The third-order valence-electron chi connectivity index (χ3n) is 3.87. The van der Waals surface area contributed by atoms with Crippen molar-refractivity contribution in [3.8, 4) is 22.4 Å². The summed E-state index contributed by atoms with van der Waals surface area (Å²) in [6, 6.07) is 12.5. The third-order valence-corrected chi connectivity index (χ3v) is 4.16. The first-order valence-corrected chi connectivity index (χ1v) is 7.73. The molecular formula is C18H10ClF2N3O. The topological polar surface area (TPSA) is 61.5 Å². The molecule has 124 valence electrons. The number of hydrogen-bond donors (Lipinski definition) is 2. The van der Waals surface area contributed by atoms with Crippen LogP contribution >= 0.6 is 11.6 Å². The Balaban J connectivity index is 1.76. The molecule has 0 aliphatic carbocycles. The maximum absolute atomic E-state index is 13.4. The van der Waals surface area contributed by atoms with Crippen LogP contribution in [0.15, 0.2) is 53.3 Å². The van der Waals surface area contributed by atoms with Gasteiger partial charge >= 0.3 is 5.69 Å². The maximum atomic E-state index is 13.4. The first-order valence-electron chi connectivity index (χ1n) is 7.36. The number of aromatic nitrogens is 3. The molecule has 0 aliphatic rings. The lowest BCUT2D eigenvalue weighted by Crippen LogP contribution is -1.99. The van der Waals surface area contributed by atoms with Crippen LogP contribution in [-0.2, 0) is 0 Å². The minimum absolute atomic E-state index is 0.357. The Kier molecular flexibility index (Phi) is 3.62. The second-order valence-electron chi connectivity index (χ2n) is 5.50. The molecule has 4 aromatic rings. The van der Waals surface area contributed by atoms with E-state index in [1.165, 1.54) is 6.07 Å². The fourth-order valence-corrected chi connectivity index (χ4v) is 2.90. The Hall–Kier alpha value is -2.99. The van der Waals surface area contributed by atoms with Crippen molar-refractivity contribution < 1.29 is 8.78 Å². The van der Waals surface area contributed by atoms with Gasteiger partial charge in [0, 0.05) is 5.56 Å². The first kappa shape index (κ1) is 15.5. The molecule has 0 aliphatic heterocycles. The second kappa shape index (κ2) is 5.82. The summed E-state index contributed by atoms with van der Waals surface area (Å²) in [6.07, 6.45) is 0. The molecule has 0 saturated carbocycles. The van der Waals surface area contributed by atoms with Gasteiger partial charge in [0.1, 0.15) is 0 Å². The number of pyridine rings is 1. The van der Waals surface area contributed by atoms with Crippen molar-refractivity contribution in [1.82, 2.24) is 15.0 Å². The molecule has 0 unspecified atom stereocenters. The summed E-state index contributed by atoms with van der Waals surface area (Å²) < 4.78 is 26.4. The van der Waals surface area contributed by atoms with E-state index in [1.807, 2.05) is 0 Å². The average molecular weight is 358 g/mol. The molecule has 0 saturated heterocycles.